The van der Waals surface area contributed by atoms with Crippen molar-refractivity contribution in [3.05, 3.63) is 66.5 Å². The van der Waals surface area contributed by atoms with E-state index in [1.165, 1.54) is 12.4 Å². The molecule has 4 aromatic rings. The molecular formula is C19H15F2N5O. The van der Waals surface area contributed by atoms with Crippen LogP contribution < -0.4 is 4.74 Å². The SMILES string of the molecule is Cc1nc2ccc(-c3cncnc3)nc2n1Cc1ccccc1OC(F)F. The molecule has 0 spiro atoms. The second-order valence-electron chi connectivity index (χ2n) is 5.90. The summed E-state index contributed by atoms with van der Waals surface area (Å²) in [5, 5.41) is 0. The molecule has 0 aliphatic heterocycles. The third-order valence-corrected chi connectivity index (χ3v) is 4.16. The number of alkyl halides is 2. The monoisotopic (exact) mass is 367 g/mol. The number of ether oxygens (including phenoxy) is 1. The Labute approximate surface area is 153 Å². The second kappa shape index (κ2) is 7.06. The summed E-state index contributed by atoms with van der Waals surface area (Å²) in [6.45, 7) is -0.717. The third-order valence-electron chi connectivity index (χ3n) is 4.16. The van der Waals surface area contributed by atoms with Crippen LogP contribution in [0.3, 0.4) is 0 Å². The van der Waals surface area contributed by atoms with Crippen LogP contribution in [0.4, 0.5) is 8.78 Å². The number of para-hydroxylation sites is 1. The van der Waals surface area contributed by atoms with Gasteiger partial charge in [-0.15, -0.1) is 0 Å². The molecule has 8 heteroatoms. The number of nitrogens with zero attached hydrogens (tertiary/aromatic N) is 5. The summed E-state index contributed by atoms with van der Waals surface area (Å²) in [5.74, 6) is 0.868. The normalized spacial score (nSPS) is 11.3. The summed E-state index contributed by atoms with van der Waals surface area (Å²) in [6, 6.07) is 10.4. The van der Waals surface area contributed by atoms with Gasteiger partial charge in [-0.25, -0.2) is 19.9 Å². The van der Waals surface area contributed by atoms with Crippen molar-refractivity contribution in [1.29, 1.82) is 0 Å². The molecular weight excluding hydrogens is 352 g/mol. The Morgan fingerprint density at radius 3 is 2.59 bits per heavy atom. The first-order chi connectivity index (χ1) is 13.1. The van der Waals surface area contributed by atoms with E-state index in [1.54, 1.807) is 30.6 Å². The molecule has 0 amide bonds. The number of pyridine rings is 1. The summed E-state index contributed by atoms with van der Waals surface area (Å²) in [5.41, 5.74) is 3.49. The molecule has 0 fully saturated rings. The third kappa shape index (κ3) is 3.46. The Morgan fingerprint density at radius 1 is 1.04 bits per heavy atom. The van der Waals surface area contributed by atoms with Crippen LogP contribution >= 0.6 is 0 Å². The van der Waals surface area contributed by atoms with E-state index >= 15 is 0 Å². The van der Waals surface area contributed by atoms with Crippen molar-refractivity contribution in [3.63, 3.8) is 0 Å². The molecule has 27 heavy (non-hydrogen) atoms. The number of hydrogen-bond donors (Lipinski definition) is 0. The number of imidazole rings is 1. The predicted octanol–water partition coefficient (Wildman–Crippen LogP) is 3.85. The number of hydrogen-bond acceptors (Lipinski definition) is 5. The van der Waals surface area contributed by atoms with Gasteiger partial charge < -0.3 is 9.30 Å². The standard InChI is InChI=1S/C19H15F2N5O/c1-12-24-16-7-6-15(14-8-22-11-23-9-14)25-18(16)26(12)10-13-4-2-3-5-17(13)27-19(20)21/h2-9,11,19H,10H2,1H3. The van der Waals surface area contributed by atoms with E-state index < -0.39 is 6.61 Å². The second-order valence-corrected chi connectivity index (χ2v) is 5.90. The van der Waals surface area contributed by atoms with Gasteiger partial charge in [-0.05, 0) is 25.1 Å². The molecule has 3 aromatic heterocycles. The van der Waals surface area contributed by atoms with Crippen LogP contribution in [0.25, 0.3) is 22.4 Å². The highest BCUT2D eigenvalue weighted by Gasteiger charge is 2.14. The first-order valence-corrected chi connectivity index (χ1v) is 8.24. The van der Waals surface area contributed by atoms with Crippen molar-refractivity contribution >= 4 is 11.2 Å². The molecule has 0 N–H and O–H groups in total. The quantitative estimate of drug-likeness (QED) is 0.536. The zero-order chi connectivity index (χ0) is 18.8. The van der Waals surface area contributed by atoms with E-state index in [-0.39, 0.29) is 5.75 Å². The Balaban J connectivity index is 1.77. The molecule has 0 atom stereocenters. The van der Waals surface area contributed by atoms with Crippen LogP contribution in [0.5, 0.6) is 5.75 Å². The Hall–Kier alpha value is -3.42. The number of fused-ring (bicyclic) bond motifs is 1. The van der Waals surface area contributed by atoms with Gasteiger partial charge in [-0.1, -0.05) is 18.2 Å². The number of rotatable bonds is 5. The van der Waals surface area contributed by atoms with E-state index in [0.29, 0.717) is 23.4 Å². The minimum Gasteiger partial charge on any atom is -0.434 e. The lowest BCUT2D eigenvalue weighted by atomic mass is 10.2. The van der Waals surface area contributed by atoms with Crippen LogP contribution in [0.1, 0.15) is 11.4 Å². The molecule has 0 unspecified atom stereocenters. The van der Waals surface area contributed by atoms with Crippen molar-refractivity contribution in [2.45, 2.75) is 20.1 Å². The van der Waals surface area contributed by atoms with Gasteiger partial charge in [0.05, 0.1) is 12.2 Å². The Morgan fingerprint density at radius 2 is 1.81 bits per heavy atom. The fraction of sp³-hybridized carbons (Fsp3) is 0.158. The predicted molar refractivity (Wildman–Crippen MR) is 95.5 cm³/mol. The molecule has 1 aromatic carbocycles. The Kier molecular flexibility index (Phi) is 4.45. The highest BCUT2D eigenvalue weighted by atomic mass is 19.3. The largest absolute Gasteiger partial charge is 0.434 e. The maximum Gasteiger partial charge on any atom is 0.387 e. The highest BCUT2D eigenvalue weighted by molar-refractivity contribution is 5.76. The summed E-state index contributed by atoms with van der Waals surface area (Å²) in [6.07, 6.45) is 4.82. The maximum atomic E-state index is 12.7. The van der Waals surface area contributed by atoms with Gasteiger partial charge >= 0.3 is 6.61 Å². The molecule has 136 valence electrons. The van der Waals surface area contributed by atoms with Crippen LogP contribution in [-0.4, -0.2) is 31.1 Å². The molecule has 0 radical (unpaired) electrons. The lowest BCUT2D eigenvalue weighted by molar-refractivity contribution is -0.0504. The van der Waals surface area contributed by atoms with E-state index in [1.807, 2.05) is 23.6 Å². The smallest absolute Gasteiger partial charge is 0.387 e. The van der Waals surface area contributed by atoms with Crippen molar-refractivity contribution in [2.24, 2.45) is 0 Å². The minimum atomic E-state index is -2.88. The van der Waals surface area contributed by atoms with Crippen LogP contribution in [-0.2, 0) is 6.54 Å². The maximum absolute atomic E-state index is 12.7. The van der Waals surface area contributed by atoms with E-state index in [2.05, 4.69) is 24.7 Å². The van der Waals surface area contributed by atoms with Gasteiger partial charge in [-0.2, -0.15) is 8.78 Å². The van der Waals surface area contributed by atoms with E-state index in [0.717, 1.165) is 16.9 Å². The molecule has 0 saturated carbocycles. The molecule has 0 bridgehead atoms. The van der Waals surface area contributed by atoms with Crippen LogP contribution in [0, 0.1) is 6.92 Å². The number of aryl methyl sites for hydroxylation is 1. The zero-order valence-corrected chi connectivity index (χ0v) is 14.4. The van der Waals surface area contributed by atoms with Gasteiger partial charge in [-0.3, -0.25) is 0 Å². The molecule has 6 nitrogen and oxygen atoms in total. The number of halogens is 2. The summed E-state index contributed by atoms with van der Waals surface area (Å²) < 4.78 is 31.9. The first kappa shape index (κ1) is 17.0. The van der Waals surface area contributed by atoms with Gasteiger partial charge in [0.2, 0.25) is 0 Å². The lowest BCUT2D eigenvalue weighted by Crippen LogP contribution is -2.08. The van der Waals surface area contributed by atoms with Gasteiger partial charge in [0, 0.05) is 23.5 Å². The number of benzene rings is 1. The first-order valence-electron chi connectivity index (χ1n) is 8.24. The van der Waals surface area contributed by atoms with E-state index in [9.17, 15) is 8.78 Å². The van der Waals surface area contributed by atoms with Crippen molar-refractivity contribution in [1.82, 2.24) is 24.5 Å². The number of aromatic nitrogens is 5. The van der Waals surface area contributed by atoms with Crippen LogP contribution in [0.15, 0.2) is 55.1 Å². The lowest BCUT2D eigenvalue weighted by Gasteiger charge is -2.12. The average Bonchev–Trinajstić information content (AvgIpc) is 2.98. The average molecular weight is 367 g/mol. The van der Waals surface area contributed by atoms with E-state index in [4.69, 9.17) is 0 Å². The highest BCUT2D eigenvalue weighted by Crippen LogP contribution is 2.25. The summed E-state index contributed by atoms with van der Waals surface area (Å²) >= 11 is 0. The Bertz CT molecular complexity index is 1080. The summed E-state index contributed by atoms with van der Waals surface area (Å²) in [7, 11) is 0. The molecule has 0 aliphatic rings. The topological polar surface area (TPSA) is 65.7 Å². The van der Waals surface area contributed by atoms with Crippen molar-refractivity contribution in [2.75, 3.05) is 0 Å². The zero-order valence-electron chi connectivity index (χ0n) is 14.4. The van der Waals surface area contributed by atoms with Crippen molar-refractivity contribution in [3.8, 4) is 17.0 Å². The molecule has 4 rings (SSSR count). The molecule has 3 heterocycles. The fourth-order valence-corrected chi connectivity index (χ4v) is 2.91. The van der Waals surface area contributed by atoms with Crippen molar-refractivity contribution < 1.29 is 13.5 Å². The molecule has 0 saturated heterocycles. The van der Waals surface area contributed by atoms with Gasteiger partial charge in [0.15, 0.2) is 5.65 Å². The fourth-order valence-electron chi connectivity index (χ4n) is 2.91. The van der Waals surface area contributed by atoms with Crippen LogP contribution in [0.2, 0.25) is 0 Å². The van der Waals surface area contributed by atoms with Gasteiger partial charge in [0.25, 0.3) is 0 Å². The minimum absolute atomic E-state index is 0.140. The summed E-state index contributed by atoms with van der Waals surface area (Å²) in [4.78, 5) is 17.2. The van der Waals surface area contributed by atoms with Gasteiger partial charge in [0.1, 0.15) is 23.4 Å². The molecule has 0 aliphatic carbocycles.